The van der Waals surface area contributed by atoms with Gasteiger partial charge in [0, 0.05) is 17.6 Å². The Bertz CT molecular complexity index is 765. The van der Waals surface area contributed by atoms with E-state index in [2.05, 4.69) is 36.4 Å². The molecule has 3 rings (SSSR count). The van der Waals surface area contributed by atoms with E-state index in [-0.39, 0.29) is 29.7 Å². The lowest BCUT2D eigenvalue weighted by Crippen LogP contribution is -2.35. The lowest BCUT2D eigenvalue weighted by atomic mass is 9.96. The summed E-state index contributed by atoms with van der Waals surface area (Å²) in [5, 5.41) is 9.90. The van der Waals surface area contributed by atoms with Crippen molar-refractivity contribution in [2.75, 3.05) is 6.61 Å². The summed E-state index contributed by atoms with van der Waals surface area (Å²) in [4.78, 5) is 12.7. The fourth-order valence-corrected chi connectivity index (χ4v) is 5.22. The average molecular weight is 399 g/mol. The lowest BCUT2D eigenvalue weighted by molar-refractivity contribution is -0.161. The Labute approximate surface area is 172 Å². The number of carbonyl (C=O) groups excluding carboxylic acids is 1. The summed E-state index contributed by atoms with van der Waals surface area (Å²) in [5.41, 5.74) is 3.18. The topological polar surface area (TPSA) is 46.5 Å². The molecule has 0 aromatic heterocycles. The number of benzene rings is 2. The number of carbonyl (C=O) groups is 1. The molecule has 2 aromatic carbocycles. The molecule has 150 valence electrons. The van der Waals surface area contributed by atoms with Crippen LogP contribution in [0.1, 0.15) is 39.2 Å². The summed E-state index contributed by atoms with van der Waals surface area (Å²) in [6, 6.07) is 19.0. The Morgan fingerprint density at radius 2 is 1.68 bits per heavy atom. The molecule has 0 spiro atoms. The van der Waals surface area contributed by atoms with Crippen molar-refractivity contribution in [3.63, 3.8) is 0 Å². The molecule has 0 amide bonds. The van der Waals surface area contributed by atoms with Gasteiger partial charge in [-0.25, -0.2) is 0 Å². The maximum Gasteiger partial charge on any atom is 0.310 e. The van der Waals surface area contributed by atoms with Gasteiger partial charge < -0.3 is 9.84 Å². The zero-order valence-corrected chi connectivity index (χ0v) is 17.7. The van der Waals surface area contributed by atoms with E-state index in [9.17, 15) is 9.90 Å². The predicted octanol–water partition coefficient (Wildman–Crippen LogP) is 5.32. The first kappa shape index (κ1) is 20.9. The maximum atomic E-state index is 12.7. The molecule has 3 atom stereocenters. The van der Waals surface area contributed by atoms with Gasteiger partial charge in [0.15, 0.2) is 0 Å². The van der Waals surface area contributed by atoms with Crippen LogP contribution in [0.15, 0.2) is 54.6 Å². The van der Waals surface area contributed by atoms with Crippen molar-refractivity contribution in [2.45, 2.75) is 50.2 Å². The molecule has 28 heavy (non-hydrogen) atoms. The van der Waals surface area contributed by atoms with Crippen LogP contribution in [0.2, 0.25) is 0 Å². The quantitative estimate of drug-likeness (QED) is 0.669. The van der Waals surface area contributed by atoms with Gasteiger partial charge in [-0.05, 0) is 56.2 Å². The van der Waals surface area contributed by atoms with Gasteiger partial charge in [0.25, 0.3) is 0 Å². The Morgan fingerprint density at radius 1 is 1.04 bits per heavy atom. The second kappa shape index (κ2) is 9.15. The van der Waals surface area contributed by atoms with Crippen LogP contribution in [0.25, 0.3) is 11.1 Å². The molecular formula is C24H30O3S. The molecule has 1 saturated carbocycles. The molecule has 0 unspecified atom stereocenters. The smallest absolute Gasteiger partial charge is 0.310 e. The van der Waals surface area contributed by atoms with E-state index in [0.29, 0.717) is 0 Å². The van der Waals surface area contributed by atoms with Gasteiger partial charge in [-0.2, -0.15) is 11.8 Å². The molecule has 0 saturated heterocycles. The molecule has 0 radical (unpaired) electrons. The van der Waals surface area contributed by atoms with Crippen LogP contribution in [-0.4, -0.2) is 28.5 Å². The van der Waals surface area contributed by atoms with Crippen LogP contribution in [0.5, 0.6) is 0 Å². The average Bonchev–Trinajstić information content (AvgIpc) is 3.09. The lowest BCUT2D eigenvalue weighted by Gasteiger charge is -2.27. The highest BCUT2D eigenvalue weighted by atomic mass is 32.2. The van der Waals surface area contributed by atoms with Crippen molar-refractivity contribution < 1.29 is 14.6 Å². The predicted molar refractivity (Wildman–Crippen MR) is 116 cm³/mol. The second-order valence-electron chi connectivity index (χ2n) is 8.49. The summed E-state index contributed by atoms with van der Waals surface area (Å²) < 4.78 is 5.64. The monoisotopic (exact) mass is 398 g/mol. The number of esters is 1. The highest BCUT2D eigenvalue weighted by Crippen LogP contribution is 2.41. The van der Waals surface area contributed by atoms with E-state index >= 15 is 0 Å². The Hall–Kier alpha value is -1.78. The standard InChI is InChI=1S/C24H30O3S/c1-24(2,3)27-23(26)22-20(15-25)13-14-21(22)28-16-17-9-11-19(12-10-17)18-7-5-4-6-8-18/h4-12,20-22,25H,13-16H2,1-3H3/t20-,21-,22-/m0/s1. The van der Waals surface area contributed by atoms with Gasteiger partial charge >= 0.3 is 5.97 Å². The number of aliphatic hydroxyl groups excluding tert-OH is 1. The number of rotatable bonds is 6. The molecule has 2 aromatic rings. The van der Waals surface area contributed by atoms with Crippen LogP contribution in [0.4, 0.5) is 0 Å². The summed E-state index contributed by atoms with van der Waals surface area (Å²) in [6.45, 7) is 5.73. The molecule has 0 heterocycles. The number of ether oxygens (including phenoxy) is 1. The molecule has 1 N–H and O–H groups in total. The SMILES string of the molecule is CC(C)(C)OC(=O)[C@H]1[C@H](CO)CC[C@@H]1SCc1ccc(-c2ccccc2)cc1. The van der Waals surface area contributed by atoms with Crippen LogP contribution < -0.4 is 0 Å². The van der Waals surface area contributed by atoms with Gasteiger partial charge in [0.05, 0.1) is 5.92 Å². The minimum Gasteiger partial charge on any atom is -0.460 e. The zero-order chi connectivity index (χ0) is 20.1. The molecule has 1 fully saturated rings. The van der Waals surface area contributed by atoms with Crippen molar-refractivity contribution in [3.8, 4) is 11.1 Å². The van der Waals surface area contributed by atoms with Crippen LogP contribution in [0.3, 0.4) is 0 Å². The van der Waals surface area contributed by atoms with Gasteiger partial charge in [0.1, 0.15) is 5.60 Å². The zero-order valence-electron chi connectivity index (χ0n) is 16.9. The van der Waals surface area contributed by atoms with Gasteiger partial charge in [0.2, 0.25) is 0 Å². The largest absolute Gasteiger partial charge is 0.460 e. The molecule has 4 heteroatoms. The van der Waals surface area contributed by atoms with Crippen molar-refractivity contribution in [3.05, 3.63) is 60.2 Å². The third-order valence-corrected chi connectivity index (χ3v) is 6.63. The highest BCUT2D eigenvalue weighted by Gasteiger charge is 2.42. The minimum absolute atomic E-state index is 0.00723. The second-order valence-corrected chi connectivity index (χ2v) is 9.72. The molecule has 1 aliphatic rings. The third-order valence-electron chi connectivity index (χ3n) is 5.17. The third kappa shape index (κ3) is 5.39. The van der Waals surface area contributed by atoms with E-state index in [1.54, 1.807) is 0 Å². The van der Waals surface area contributed by atoms with E-state index in [1.807, 2.05) is 50.7 Å². The fraction of sp³-hybridized carbons (Fsp3) is 0.458. The van der Waals surface area contributed by atoms with E-state index in [0.717, 1.165) is 18.6 Å². The van der Waals surface area contributed by atoms with E-state index in [1.165, 1.54) is 16.7 Å². The van der Waals surface area contributed by atoms with Gasteiger partial charge in [-0.15, -0.1) is 0 Å². The normalized spacial score (nSPS) is 22.2. The van der Waals surface area contributed by atoms with Crippen molar-refractivity contribution in [1.82, 2.24) is 0 Å². The molecule has 0 bridgehead atoms. The fourth-order valence-electron chi connectivity index (χ4n) is 3.77. The number of hydrogen-bond donors (Lipinski definition) is 1. The first-order valence-electron chi connectivity index (χ1n) is 9.97. The Balaban J connectivity index is 1.63. The summed E-state index contributed by atoms with van der Waals surface area (Å²) in [6.07, 6.45) is 1.83. The van der Waals surface area contributed by atoms with Crippen LogP contribution >= 0.6 is 11.8 Å². The van der Waals surface area contributed by atoms with Crippen molar-refractivity contribution in [1.29, 1.82) is 0 Å². The highest BCUT2D eigenvalue weighted by molar-refractivity contribution is 7.99. The van der Waals surface area contributed by atoms with Crippen molar-refractivity contribution >= 4 is 17.7 Å². The first-order valence-corrected chi connectivity index (χ1v) is 11.0. The first-order chi connectivity index (χ1) is 13.4. The maximum absolute atomic E-state index is 12.7. The summed E-state index contributed by atoms with van der Waals surface area (Å²) in [7, 11) is 0. The van der Waals surface area contributed by atoms with Crippen LogP contribution in [0, 0.1) is 11.8 Å². The van der Waals surface area contributed by atoms with Gasteiger partial charge in [-0.3, -0.25) is 4.79 Å². The molecular weight excluding hydrogens is 368 g/mol. The van der Waals surface area contributed by atoms with Crippen LogP contribution in [-0.2, 0) is 15.3 Å². The molecule has 3 nitrogen and oxygen atoms in total. The van der Waals surface area contributed by atoms with E-state index < -0.39 is 5.60 Å². The molecule has 1 aliphatic carbocycles. The van der Waals surface area contributed by atoms with Crippen molar-refractivity contribution in [2.24, 2.45) is 11.8 Å². The Morgan fingerprint density at radius 3 is 2.29 bits per heavy atom. The summed E-state index contributed by atoms with van der Waals surface area (Å²) in [5.74, 6) is 0.476. The minimum atomic E-state index is -0.498. The van der Waals surface area contributed by atoms with Gasteiger partial charge in [-0.1, -0.05) is 54.6 Å². The number of hydrogen-bond acceptors (Lipinski definition) is 4. The van der Waals surface area contributed by atoms with E-state index in [4.69, 9.17) is 4.74 Å². The number of aliphatic hydroxyl groups is 1. The molecule has 0 aliphatic heterocycles. The Kier molecular flexibility index (Phi) is 6.84. The number of thioether (sulfide) groups is 1. The summed E-state index contributed by atoms with van der Waals surface area (Å²) >= 11 is 1.81.